The number of halogens is 1. The van der Waals surface area contributed by atoms with Gasteiger partial charge in [0, 0.05) is 12.4 Å². The van der Waals surface area contributed by atoms with Crippen molar-refractivity contribution in [2.45, 2.75) is 0 Å². The Labute approximate surface area is 92.9 Å². The summed E-state index contributed by atoms with van der Waals surface area (Å²) in [7, 11) is 1.90. The number of hydrogen-bond acceptors (Lipinski definition) is 4. The van der Waals surface area contributed by atoms with Gasteiger partial charge in [0.05, 0.1) is 17.5 Å². The van der Waals surface area contributed by atoms with Crippen LogP contribution in [0.3, 0.4) is 0 Å². The van der Waals surface area contributed by atoms with Crippen LogP contribution in [0.4, 0.5) is 5.13 Å². The fraction of sp³-hybridized carbons (Fsp3) is 0.143. The molecule has 0 saturated heterocycles. The van der Waals surface area contributed by atoms with E-state index >= 15 is 0 Å². The van der Waals surface area contributed by atoms with Gasteiger partial charge in [0.25, 0.3) is 0 Å². The third-order valence-electron chi connectivity index (χ3n) is 1.66. The molecule has 0 aliphatic carbocycles. The molecule has 2 heterocycles. The van der Waals surface area contributed by atoms with Crippen LogP contribution in [-0.2, 0) is 7.05 Å². The van der Waals surface area contributed by atoms with E-state index in [1.165, 1.54) is 11.3 Å². The molecule has 0 amide bonds. The second kappa shape index (κ2) is 3.26. The summed E-state index contributed by atoms with van der Waals surface area (Å²) in [6.07, 6.45) is 1.80. The maximum atomic E-state index is 5.55. The molecular weight excluding hydrogens is 299 g/mol. The van der Waals surface area contributed by atoms with E-state index in [1.54, 1.807) is 6.20 Å². The first-order valence-electron chi connectivity index (χ1n) is 3.57. The number of hydrogen-bond donors (Lipinski definition) is 1. The number of nitrogens with zero attached hydrogens (tertiary/aromatic N) is 3. The fourth-order valence-electron chi connectivity index (χ4n) is 1.01. The zero-order chi connectivity index (χ0) is 9.42. The predicted octanol–water partition coefficient (Wildman–Crippen LogP) is 1.73. The second-order valence-electron chi connectivity index (χ2n) is 2.54. The normalized spacial score (nSPS) is 10.6. The molecule has 0 atom stereocenters. The van der Waals surface area contributed by atoms with Crippen LogP contribution in [0.15, 0.2) is 11.6 Å². The predicted molar refractivity (Wildman–Crippen MR) is 61.4 cm³/mol. The average molecular weight is 306 g/mol. The summed E-state index contributed by atoms with van der Waals surface area (Å²) in [5.41, 5.74) is 7.49. The van der Waals surface area contributed by atoms with Crippen molar-refractivity contribution in [2.24, 2.45) is 7.05 Å². The molecule has 0 spiro atoms. The molecule has 2 N–H and O–H groups in total. The SMILES string of the molecule is Cn1ncc(-c2csc(N)n2)c1I. The lowest BCUT2D eigenvalue weighted by Crippen LogP contribution is -1.92. The summed E-state index contributed by atoms with van der Waals surface area (Å²) in [6.45, 7) is 0. The molecule has 68 valence electrons. The van der Waals surface area contributed by atoms with Crippen molar-refractivity contribution in [3.8, 4) is 11.3 Å². The highest BCUT2D eigenvalue weighted by atomic mass is 127. The topological polar surface area (TPSA) is 56.7 Å². The van der Waals surface area contributed by atoms with Gasteiger partial charge in [0.15, 0.2) is 5.13 Å². The Morgan fingerprint density at radius 1 is 1.62 bits per heavy atom. The van der Waals surface area contributed by atoms with E-state index in [9.17, 15) is 0 Å². The fourth-order valence-corrected chi connectivity index (χ4v) is 2.11. The van der Waals surface area contributed by atoms with Crippen LogP contribution in [0.5, 0.6) is 0 Å². The number of rotatable bonds is 1. The molecule has 0 aromatic carbocycles. The summed E-state index contributed by atoms with van der Waals surface area (Å²) >= 11 is 3.68. The Kier molecular flexibility index (Phi) is 2.24. The van der Waals surface area contributed by atoms with Crippen molar-refractivity contribution in [2.75, 3.05) is 5.73 Å². The lowest BCUT2D eigenvalue weighted by Gasteiger charge is -1.93. The van der Waals surface area contributed by atoms with E-state index < -0.39 is 0 Å². The number of aryl methyl sites for hydroxylation is 1. The van der Waals surface area contributed by atoms with Crippen molar-refractivity contribution >= 4 is 39.1 Å². The van der Waals surface area contributed by atoms with E-state index in [1.807, 2.05) is 17.1 Å². The van der Waals surface area contributed by atoms with Gasteiger partial charge in [-0.2, -0.15) is 5.10 Å². The lowest BCUT2D eigenvalue weighted by atomic mass is 10.3. The molecule has 4 nitrogen and oxygen atoms in total. The molecule has 0 fully saturated rings. The summed E-state index contributed by atoms with van der Waals surface area (Å²) in [5, 5.41) is 6.67. The number of nitrogens with two attached hydrogens (primary N) is 1. The zero-order valence-electron chi connectivity index (χ0n) is 6.86. The first kappa shape index (κ1) is 8.95. The average Bonchev–Trinajstić information content (AvgIpc) is 2.62. The Morgan fingerprint density at radius 3 is 2.85 bits per heavy atom. The first-order chi connectivity index (χ1) is 6.18. The molecule has 2 rings (SSSR count). The summed E-state index contributed by atoms with van der Waals surface area (Å²) in [4.78, 5) is 4.19. The van der Waals surface area contributed by atoms with Crippen molar-refractivity contribution in [1.82, 2.24) is 14.8 Å². The second-order valence-corrected chi connectivity index (χ2v) is 4.46. The highest BCUT2D eigenvalue weighted by Gasteiger charge is 2.10. The maximum absolute atomic E-state index is 5.55. The first-order valence-corrected chi connectivity index (χ1v) is 5.53. The van der Waals surface area contributed by atoms with Gasteiger partial charge in [-0.15, -0.1) is 11.3 Å². The summed E-state index contributed by atoms with van der Waals surface area (Å²) < 4.78 is 2.88. The van der Waals surface area contributed by atoms with Gasteiger partial charge in [-0.25, -0.2) is 4.98 Å². The van der Waals surface area contributed by atoms with Crippen LogP contribution in [0.1, 0.15) is 0 Å². The monoisotopic (exact) mass is 306 g/mol. The lowest BCUT2D eigenvalue weighted by molar-refractivity contribution is 0.748. The molecule has 0 radical (unpaired) electrons. The van der Waals surface area contributed by atoms with Crippen LogP contribution in [0.2, 0.25) is 0 Å². The molecule has 2 aromatic heterocycles. The van der Waals surface area contributed by atoms with Gasteiger partial charge in [0.2, 0.25) is 0 Å². The number of nitrogen functional groups attached to an aromatic ring is 1. The van der Waals surface area contributed by atoms with Crippen LogP contribution >= 0.6 is 33.9 Å². The van der Waals surface area contributed by atoms with Crippen molar-refractivity contribution in [1.29, 1.82) is 0 Å². The number of anilines is 1. The summed E-state index contributed by atoms with van der Waals surface area (Å²) in [6, 6.07) is 0. The molecule has 6 heteroatoms. The maximum Gasteiger partial charge on any atom is 0.180 e. The Balaban J connectivity index is 2.52. The van der Waals surface area contributed by atoms with E-state index in [-0.39, 0.29) is 0 Å². The molecule has 0 aliphatic rings. The highest BCUT2D eigenvalue weighted by Crippen LogP contribution is 2.26. The molecule has 13 heavy (non-hydrogen) atoms. The third-order valence-corrected chi connectivity index (χ3v) is 3.62. The standard InChI is InChI=1S/C7H7IN4S/c1-12-6(8)4(2-10-12)5-3-13-7(9)11-5/h2-3H,1H3,(H2,9,11). The third kappa shape index (κ3) is 1.55. The van der Waals surface area contributed by atoms with E-state index in [0.717, 1.165) is 15.0 Å². The molecule has 2 aromatic rings. The summed E-state index contributed by atoms with van der Waals surface area (Å²) in [5.74, 6) is 0. The van der Waals surface area contributed by atoms with E-state index in [4.69, 9.17) is 5.73 Å². The molecule has 0 saturated carbocycles. The Hall–Kier alpha value is -0.630. The smallest absolute Gasteiger partial charge is 0.180 e. The van der Waals surface area contributed by atoms with Crippen molar-refractivity contribution < 1.29 is 0 Å². The van der Waals surface area contributed by atoms with Crippen LogP contribution in [0.25, 0.3) is 11.3 Å². The Morgan fingerprint density at radius 2 is 2.38 bits per heavy atom. The van der Waals surface area contributed by atoms with E-state index in [0.29, 0.717) is 5.13 Å². The number of aromatic nitrogens is 3. The molecule has 0 bridgehead atoms. The Bertz CT molecular complexity index is 433. The zero-order valence-corrected chi connectivity index (χ0v) is 9.83. The highest BCUT2D eigenvalue weighted by molar-refractivity contribution is 14.1. The molecule has 0 unspecified atom stereocenters. The molecular formula is C7H7IN4S. The molecule has 0 aliphatic heterocycles. The van der Waals surface area contributed by atoms with Gasteiger partial charge < -0.3 is 5.73 Å². The minimum absolute atomic E-state index is 0.592. The van der Waals surface area contributed by atoms with Crippen molar-refractivity contribution in [3.05, 3.63) is 15.3 Å². The van der Waals surface area contributed by atoms with Gasteiger partial charge in [-0.3, -0.25) is 4.68 Å². The van der Waals surface area contributed by atoms with Gasteiger partial charge in [0.1, 0.15) is 3.70 Å². The minimum atomic E-state index is 0.592. The van der Waals surface area contributed by atoms with Gasteiger partial charge >= 0.3 is 0 Å². The number of thiazole rings is 1. The van der Waals surface area contributed by atoms with Gasteiger partial charge in [-0.05, 0) is 22.6 Å². The van der Waals surface area contributed by atoms with E-state index in [2.05, 4.69) is 32.7 Å². The van der Waals surface area contributed by atoms with Crippen molar-refractivity contribution in [3.63, 3.8) is 0 Å². The minimum Gasteiger partial charge on any atom is -0.375 e. The van der Waals surface area contributed by atoms with Crippen LogP contribution in [0, 0.1) is 3.70 Å². The van der Waals surface area contributed by atoms with Crippen LogP contribution < -0.4 is 5.73 Å². The van der Waals surface area contributed by atoms with Crippen LogP contribution in [-0.4, -0.2) is 14.8 Å². The quantitative estimate of drug-likeness (QED) is 0.816. The largest absolute Gasteiger partial charge is 0.375 e. The van der Waals surface area contributed by atoms with Gasteiger partial charge in [-0.1, -0.05) is 0 Å².